The van der Waals surface area contributed by atoms with Crippen LogP contribution in [0.15, 0.2) is 0 Å². The van der Waals surface area contributed by atoms with E-state index in [0.717, 1.165) is 19.6 Å². The molecule has 3 atom stereocenters. The highest BCUT2D eigenvalue weighted by Gasteiger charge is 2.49. The second-order valence-electron chi connectivity index (χ2n) is 5.65. The number of rotatable bonds is 2. The summed E-state index contributed by atoms with van der Waals surface area (Å²) in [6, 6.07) is -0.539. The first-order valence-corrected chi connectivity index (χ1v) is 7.13. The van der Waals surface area contributed by atoms with Gasteiger partial charge in [-0.1, -0.05) is 6.92 Å². The van der Waals surface area contributed by atoms with Crippen LogP contribution in [0, 0.1) is 5.92 Å². The quantitative estimate of drug-likeness (QED) is 0.834. The van der Waals surface area contributed by atoms with Crippen LogP contribution in [0.2, 0.25) is 0 Å². The van der Waals surface area contributed by atoms with Crippen LogP contribution < -0.4 is 0 Å². The van der Waals surface area contributed by atoms with Crippen LogP contribution in [-0.2, 0) is 0 Å². The minimum Gasteiger partial charge on any atom is -0.393 e. The summed E-state index contributed by atoms with van der Waals surface area (Å²) in [4.78, 5) is 4.19. The van der Waals surface area contributed by atoms with Gasteiger partial charge in [-0.25, -0.2) is 0 Å². The lowest BCUT2D eigenvalue weighted by molar-refractivity contribution is -0.206. The average molecular weight is 280 g/mol. The smallest absolute Gasteiger partial charge is 0.393 e. The molecule has 3 unspecified atom stereocenters. The molecule has 19 heavy (non-hydrogen) atoms. The molecule has 0 aromatic heterocycles. The van der Waals surface area contributed by atoms with Gasteiger partial charge in [0, 0.05) is 32.2 Å². The predicted octanol–water partition coefficient (Wildman–Crippen LogP) is 1.72. The third kappa shape index (κ3) is 3.61. The highest BCUT2D eigenvalue weighted by Crippen LogP contribution is 2.40. The monoisotopic (exact) mass is 280 g/mol. The summed E-state index contributed by atoms with van der Waals surface area (Å²) in [6.07, 6.45) is -4.13. The van der Waals surface area contributed by atoms with Crippen molar-refractivity contribution in [1.82, 2.24) is 9.80 Å². The average Bonchev–Trinajstić information content (AvgIpc) is 2.37. The van der Waals surface area contributed by atoms with E-state index in [0.29, 0.717) is 13.1 Å². The minimum atomic E-state index is -4.15. The van der Waals surface area contributed by atoms with Crippen molar-refractivity contribution in [3.8, 4) is 0 Å². The number of nitrogens with zero attached hydrogens (tertiary/aromatic N) is 2. The van der Waals surface area contributed by atoms with Crippen molar-refractivity contribution in [2.75, 3.05) is 32.7 Å². The Kier molecular flexibility index (Phi) is 4.74. The molecule has 1 heterocycles. The summed E-state index contributed by atoms with van der Waals surface area (Å²) in [5, 5.41) is 9.69. The largest absolute Gasteiger partial charge is 0.393 e. The summed E-state index contributed by atoms with van der Waals surface area (Å²) < 4.78 is 39.3. The molecular formula is C13H23F3N2O. The molecule has 1 aliphatic heterocycles. The van der Waals surface area contributed by atoms with E-state index < -0.39 is 24.2 Å². The third-order valence-corrected chi connectivity index (χ3v) is 4.53. The van der Waals surface area contributed by atoms with Crippen molar-refractivity contribution >= 4 is 0 Å². The Bertz CT molecular complexity index is 290. The normalized spacial score (nSPS) is 35.5. The van der Waals surface area contributed by atoms with Gasteiger partial charge in [0.25, 0.3) is 0 Å². The molecule has 0 amide bonds. The van der Waals surface area contributed by atoms with Crippen molar-refractivity contribution in [2.24, 2.45) is 5.92 Å². The van der Waals surface area contributed by atoms with Gasteiger partial charge in [-0.15, -0.1) is 0 Å². The fourth-order valence-electron chi connectivity index (χ4n) is 3.32. The number of piperazine rings is 1. The molecule has 0 aromatic rings. The van der Waals surface area contributed by atoms with E-state index >= 15 is 0 Å². The zero-order valence-corrected chi connectivity index (χ0v) is 11.4. The molecular weight excluding hydrogens is 257 g/mol. The topological polar surface area (TPSA) is 26.7 Å². The molecule has 1 saturated heterocycles. The number of aliphatic hydroxyl groups is 1. The lowest BCUT2D eigenvalue weighted by Crippen LogP contribution is -2.56. The summed E-state index contributed by atoms with van der Waals surface area (Å²) in [6.45, 7) is 6.03. The van der Waals surface area contributed by atoms with Crippen molar-refractivity contribution in [1.29, 1.82) is 0 Å². The van der Waals surface area contributed by atoms with Gasteiger partial charge in [0.15, 0.2) is 0 Å². The van der Waals surface area contributed by atoms with Crippen molar-refractivity contribution in [3.05, 3.63) is 0 Å². The summed E-state index contributed by atoms with van der Waals surface area (Å²) in [7, 11) is 0. The SMILES string of the molecule is CCN1CCN(C2CC(O)CCC2C(F)(F)F)CC1. The maximum atomic E-state index is 13.1. The number of hydrogen-bond acceptors (Lipinski definition) is 3. The fourth-order valence-corrected chi connectivity index (χ4v) is 3.32. The van der Waals surface area contributed by atoms with Gasteiger partial charge < -0.3 is 10.0 Å². The van der Waals surface area contributed by atoms with Crippen molar-refractivity contribution in [2.45, 2.75) is 44.5 Å². The summed E-state index contributed by atoms with van der Waals surface area (Å²) in [5.74, 6) is -1.27. The molecule has 0 radical (unpaired) electrons. The minimum absolute atomic E-state index is 0.0589. The summed E-state index contributed by atoms with van der Waals surface area (Å²) in [5.41, 5.74) is 0. The zero-order chi connectivity index (χ0) is 14.0. The molecule has 1 saturated carbocycles. The van der Waals surface area contributed by atoms with Crippen LogP contribution in [0.1, 0.15) is 26.2 Å². The van der Waals surface area contributed by atoms with Crippen LogP contribution in [0.5, 0.6) is 0 Å². The number of halogens is 3. The Morgan fingerprint density at radius 1 is 1.11 bits per heavy atom. The van der Waals surface area contributed by atoms with Gasteiger partial charge in [-0.05, 0) is 25.8 Å². The molecule has 0 aromatic carbocycles. The number of hydrogen-bond donors (Lipinski definition) is 1. The highest BCUT2D eigenvalue weighted by atomic mass is 19.4. The maximum absolute atomic E-state index is 13.1. The number of alkyl halides is 3. The van der Waals surface area contributed by atoms with E-state index in [2.05, 4.69) is 11.8 Å². The molecule has 2 fully saturated rings. The van der Waals surface area contributed by atoms with E-state index in [1.807, 2.05) is 4.90 Å². The molecule has 3 nitrogen and oxygen atoms in total. The molecule has 1 N–H and O–H groups in total. The highest BCUT2D eigenvalue weighted by molar-refractivity contribution is 4.92. The van der Waals surface area contributed by atoms with Crippen LogP contribution in [0.4, 0.5) is 13.2 Å². The molecule has 6 heteroatoms. The Morgan fingerprint density at radius 3 is 2.26 bits per heavy atom. The zero-order valence-electron chi connectivity index (χ0n) is 11.4. The van der Waals surface area contributed by atoms with Gasteiger partial charge in [-0.2, -0.15) is 13.2 Å². The van der Waals surface area contributed by atoms with E-state index in [1.165, 1.54) is 0 Å². The number of aliphatic hydroxyl groups excluding tert-OH is 1. The van der Waals surface area contributed by atoms with E-state index in [1.54, 1.807) is 0 Å². The standard InChI is InChI=1S/C13H23F3N2O/c1-2-17-5-7-18(8-6-17)12-9-10(19)3-4-11(12)13(14,15)16/h10-12,19H,2-9H2,1H3. The third-order valence-electron chi connectivity index (χ3n) is 4.53. The predicted molar refractivity (Wildman–Crippen MR) is 66.9 cm³/mol. The van der Waals surface area contributed by atoms with Crippen LogP contribution >= 0.6 is 0 Å². The Hall–Kier alpha value is -0.330. The molecule has 0 spiro atoms. The van der Waals surface area contributed by atoms with E-state index in [4.69, 9.17) is 0 Å². The molecule has 112 valence electrons. The van der Waals surface area contributed by atoms with Gasteiger partial charge in [-0.3, -0.25) is 4.90 Å². The Balaban J connectivity index is 2.02. The van der Waals surface area contributed by atoms with Gasteiger partial charge in [0.05, 0.1) is 12.0 Å². The lowest BCUT2D eigenvalue weighted by atomic mass is 9.81. The maximum Gasteiger partial charge on any atom is 0.393 e. The molecule has 1 aliphatic carbocycles. The van der Waals surface area contributed by atoms with Crippen LogP contribution in [0.3, 0.4) is 0 Å². The van der Waals surface area contributed by atoms with E-state index in [9.17, 15) is 18.3 Å². The molecule has 2 aliphatic rings. The lowest BCUT2D eigenvalue weighted by Gasteiger charge is -2.45. The summed E-state index contributed by atoms with van der Waals surface area (Å²) >= 11 is 0. The van der Waals surface area contributed by atoms with Crippen molar-refractivity contribution < 1.29 is 18.3 Å². The molecule has 0 bridgehead atoms. The first-order chi connectivity index (χ1) is 8.91. The Labute approximate surface area is 112 Å². The van der Waals surface area contributed by atoms with E-state index in [-0.39, 0.29) is 19.3 Å². The molecule has 2 rings (SSSR count). The van der Waals surface area contributed by atoms with Crippen molar-refractivity contribution in [3.63, 3.8) is 0 Å². The van der Waals surface area contributed by atoms with Crippen LogP contribution in [0.25, 0.3) is 0 Å². The van der Waals surface area contributed by atoms with Gasteiger partial charge >= 0.3 is 6.18 Å². The number of likely N-dealkylation sites (N-methyl/N-ethyl adjacent to an activating group) is 1. The van der Waals surface area contributed by atoms with Gasteiger partial charge in [0.1, 0.15) is 0 Å². The second-order valence-corrected chi connectivity index (χ2v) is 5.65. The van der Waals surface area contributed by atoms with Crippen LogP contribution in [-0.4, -0.2) is 66.0 Å². The second kappa shape index (κ2) is 5.97. The fraction of sp³-hybridized carbons (Fsp3) is 1.00. The first-order valence-electron chi connectivity index (χ1n) is 7.13. The van der Waals surface area contributed by atoms with Gasteiger partial charge in [0.2, 0.25) is 0 Å². The Morgan fingerprint density at radius 2 is 1.74 bits per heavy atom. The first kappa shape index (κ1) is 15.1.